The summed E-state index contributed by atoms with van der Waals surface area (Å²) in [5.41, 5.74) is 0.981. The van der Waals surface area contributed by atoms with Crippen LogP contribution in [0.1, 0.15) is 128 Å². The fourth-order valence-corrected chi connectivity index (χ4v) is 6.63. The molecule has 0 aromatic heterocycles. The third-order valence-corrected chi connectivity index (χ3v) is 9.36. The minimum absolute atomic E-state index is 0.120. The highest BCUT2D eigenvalue weighted by molar-refractivity contribution is 7.86. The smallest absolute Gasteiger partial charge is 0.294 e. The molecule has 0 fully saturated rings. The maximum absolute atomic E-state index is 12.0. The normalized spacial score (nSPS) is 12.1. The van der Waals surface area contributed by atoms with Crippen LogP contribution in [0, 0.1) is 0 Å². The van der Waals surface area contributed by atoms with E-state index in [0.717, 1.165) is 51.4 Å². The van der Waals surface area contributed by atoms with Crippen molar-refractivity contribution in [1.82, 2.24) is 0 Å². The van der Waals surface area contributed by atoms with Gasteiger partial charge in [0.25, 0.3) is 20.2 Å². The predicted octanol–water partition coefficient (Wildman–Crippen LogP) is 9.34. The molecule has 41 heavy (non-hydrogen) atoms. The largest absolute Gasteiger partial charge is 0.457 e. The van der Waals surface area contributed by atoms with E-state index in [-0.39, 0.29) is 9.79 Å². The lowest BCUT2D eigenvalue weighted by Crippen LogP contribution is -2.05. The zero-order chi connectivity index (χ0) is 30.1. The fourth-order valence-electron chi connectivity index (χ4n) is 5.17. The van der Waals surface area contributed by atoms with E-state index < -0.39 is 20.2 Å². The summed E-state index contributed by atoms with van der Waals surface area (Å²) in [7, 11) is -8.76. The van der Waals surface area contributed by atoms with Crippen molar-refractivity contribution in [2.45, 2.75) is 139 Å². The molecule has 2 rings (SSSR count). The Balaban J connectivity index is 2.08. The molecule has 0 bridgehead atoms. The number of unbranched alkanes of at least 4 members (excludes halogenated alkanes) is 14. The van der Waals surface area contributed by atoms with Gasteiger partial charge in [-0.25, -0.2) is 0 Å². The quantitative estimate of drug-likeness (QED) is 0.101. The highest BCUT2D eigenvalue weighted by atomic mass is 32.2. The molecule has 0 saturated heterocycles. The van der Waals surface area contributed by atoms with Crippen molar-refractivity contribution in [1.29, 1.82) is 0 Å². The van der Waals surface area contributed by atoms with Gasteiger partial charge in [0, 0.05) is 0 Å². The van der Waals surface area contributed by atoms with Crippen molar-refractivity contribution in [3.05, 3.63) is 47.5 Å². The van der Waals surface area contributed by atoms with Crippen LogP contribution in [-0.4, -0.2) is 25.9 Å². The minimum atomic E-state index is -4.38. The summed E-state index contributed by atoms with van der Waals surface area (Å²) in [4.78, 5) is -0.241. The molecule has 0 radical (unpaired) electrons. The van der Waals surface area contributed by atoms with Crippen LogP contribution in [0.2, 0.25) is 0 Å². The molecule has 0 saturated carbocycles. The van der Waals surface area contributed by atoms with E-state index in [1.165, 1.54) is 75.6 Å². The highest BCUT2D eigenvalue weighted by Crippen LogP contribution is 2.30. The number of hydrogen-bond donors (Lipinski definition) is 2. The van der Waals surface area contributed by atoms with Gasteiger partial charge in [-0.1, -0.05) is 104 Å². The van der Waals surface area contributed by atoms with Crippen molar-refractivity contribution < 1.29 is 30.7 Å². The number of aryl methyl sites for hydroxylation is 2. The molecule has 0 aliphatic heterocycles. The van der Waals surface area contributed by atoms with Gasteiger partial charge >= 0.3 is 0 Å². The molecule has 232 valence electrons. The van der Waals surface area contributed by atoms with Gasteiger partial charge < -0.3 is 4.74 Å². The Labute approximate surface area is 248 Å². The fraction of sp³-hybridized carbons (Fsp3) is 0.625. The Morgan fingerprint density at radius 1 is 0.512 bits per heavy atom. The lowest BCUT2D eigenvalue weighted by Gasteiger charge is -2.13. The molecule has 0 heterocycles. The van der Waals surface area contributed by atoms with E-state index in [0.29, 0.717) is 35.5 Å². The first-order valence-corrected chi connectivity index (χ1v) is 18.3. The number of benzene rings is 2. The lowest BCUT2D eigenvalue weighted by atomic mass is 10.0. The van der Waals surface area contributed by atoms with Gasteiger partial charge in [0.15, 0.2) is 0 Å². The van der Waals surface area contributed by atoms with Crippen molar-refractivity contribution in [3.63, 3.8) is 0 Å². The Kier molecular flexibility index (Phi) is 16.0. The van der Waals surface area contributed by atoms with Gasteiger partial charge in [-0.2, -0.15) is 16.8 Å². The van der Waals surface area contributed by atoms with Crippen LogP contribution in [0.5, 0.6) is 11.5 Å². The molecule has 9 heteroatoms. The van der Waals surface area contributed by atoms with Gasteiger partial charge in [0.05, 0.1) is 9.79 Å². The Bertz CT molecular complexity index is 1160. The van der Waals surface area contributed by atoms with Gasteiger partial charge in [0.2, 0.25) is 0 Å². The van der Waals surface area contributed by atoms with Crippen molar-refractivity contribution in [2.75, 3.05) is 0 Å². The average molecular weight is 611 g/mol. The van der Waals surface area contributed by atoms with E-state index >= 15 is 0 Å². The molecule has 0 aliphatic carbocycles. The third-order valence-electron chi connectivity index (χ3n) is 7.45. The summed E-state index contributed by atoms with van der Waals surface area (Å²) in [5, 5.41) is 0. The summed E-state index contributed by atoms with van der Waals surface area (Å²) >= 11 is 0. The second kappa shape index (κ2) is 18.6. The lowest BCUT2D eigenvalue weighted by molar-refractivity contribution is 0.473. The van der Waals surface area contributed by atoms with Crippen LogP contribution in [0.15, 0.2) is 46.2 Å². The summed E-state index contributed by atoms with van der Waals surface area (Å²) in [6, 6.07) is 8.90. The molecule has 0 spiro atoms. The molecule has 2 aromatic carbocycles. The molecule has 7 nitrogen and oxygen atoms in total. The standard InChI is InChI=1S/C32H50O7S2/c1-3-5-7-9-11-13-15-17-19-27-25-29(21-23-31(27)40(33,34)35)39-30-22-24-32(41(36,37)38)28(26-30)20-18-16-14-12-10-8-6-4-2/h21-26H,3-20H2,1-2H3,(H,33,34,35)(H,36,37,38). The molecular formula is C32H50O7S2. The van der Waals surface area contributed by atoms with Gasteiger partial charge in [-0.05, 0) is 73.2 Å². The third kappa shape index (κ3) is 13.7. The summed E-state index contributed by atoms with van der Waals surface area (Å²) < 4.78 is 73.4. The van der Waals surface area contributed by atoms with Crippen LogP contribution in [0.3, 0.4) is 0 Å². The van der Waals surface area contributed by atoms with Crippen molar-refractivity contribution >= 4 is 20.2 Å². The first kappa shape index (κ1) is 35.3. The van der Waals surface area contributed by atoms with E-state index in [4.69, 9.17) is 4.74 Å². The average Bonchev–Trinajstić information content (AvgIpc) is 2.90. The number of rotatable bonds is 22. The summed E-state index contributed by atoms with van der Waals surface area (Å²) in [6.45, 7) is 4.38. The van der Waals surface area contributed by atoms with Gasteiger partial charge in [-0.3, -0.25) is 9.11 Å². The van der Waals surface area contributed by atoms with Crippen LogP contribution in [0.4, 0.5) is 0 Å². The topological polar surface area (TPSA) is 118 Å². The maximum atomic E-state index is 12.0. The molecule has 0 aliphatic rings. The minimum Gasteiger partial charge on any atom is -0.457 e. The SMILES string of the molecule is CCCCCCCCCCc1cc(Oc2ccc(S(=O)(=O)O)c(CCCCCCCCCC)c2)ccc1S(=O)(=O)O. The second-order valence-corrected chi connectivity index (χ2v) is 13.8. The zero-order valence-electron chi connectivity index (χ0n) is 24.9. The first-order chi connectivity index (χ1) is 19.6. The molecule has 2 N–H and O–H groups in total. The molecule has 2 aromatic rings. The van der Waals surface area contributed by atoms with Crippen molar-refractivity contribution in [2.24, 2.45) is 0 Å². The maximum Gasteiger partial charge on any atom is 0.294 e. The first-order valence-electron chi connectivity index (χ1n) is 15.4. The van der Waals surface area contributed by atoms with Crippen LogP contribution < -0.4 is 4.74 Å². The summed E-state index contributed by atoms with van der Waals surface area (Å²) in [5.74, 6) is 0.786. The Morgan fingerprint density at radius 2 is 0.829 bits per heavy atom. The van der Waals surface area contributed by atoms with E-state index in [1.54, 1.807) is 12.1 Å². The Hall–Kier alpha value is -1.94. The number of hydrogen-bond acceptors (Lipinski definition) is 5. The monoisotopic (exact) mass is 610 g/mol. The molecule has 0 amide bonds. The molecular weight excluding hydrogens is 560 g/mol. The van der Waals surface area contributed by atoms with Gasteiger partial charge in [-0.15, -0.1) is 0 Å². The molecule has 0 unspecified atom stereocenters. The predicted molar refractivity (Wildman–Crippen MR) is 165 cm³/mol. The zero-order valence-corrected chi connectivity index (χ0v) is 26.6. The van der Waals surface area contributed by atoms with Crippen LogP contribution >= 0.6 is 0 Å². The summed E-state index contributed by atoms with van der Waals surface area (Å²) in [6.07, 6.45) is 18.9. The molecule has 0 atom stereocenters. The highest BCUT2D eigenvalue weighted by Gasteiger charge is 2.18. The van der Waals surface area contributed by atoms with E-state index in [1.807, 2.05) is 0 Å². The van der Waals surface area contributed by atoms with Gasteiger partial charge in [0.1, 0.15) is 11.5 Å². The van der Waals surface area contributed by atoms with E-state index in [2.05, 4.69) is 13.8 Å². The Morgan fingerprint density at radius 3 is 1.15 bits per heavy atom. The van der Waals surface area contributed by atoms with Crippen molar-refractivity contribution in [3.8, 4) is 11.5 Å². The second-order valence-electron chi connectivity index (χ2n) is 11.0. The van der Waals surface area contributed by atoms with E-state index in [9.17, 15) is 25.9 Å². The van der Waals surface area contributed by atoms with Crippen LogP contribution in [0.25, 0.3) is 0 Å². The van der Waals surface area contributed by atoms with Crippen LogP contribution in [-0.2, 0) is 33.1 Å². The number of ether oxygens (including phenoxy) is 1.